The molecule has 1 saturated heterocycles. The maximum Gasteiger partial charge on any atom is 0.323 e. The summed E-state index contributed by atoms with van der Waals surface area (Å²) in [6.45, 7) is 4.37. The molecule has 0 saturated carbocycles. The summed E-state index contributed by atoms with van der Waals surface area (Å²) in [5.41, 5.74) is 6.24. The van der Waals surface area contributed by atoms with E-state index in [1.165, 1.54) is 16.7 Å². The fourth-order valence-corrected chi connectivity index (χ4v) is 3.48. The minimum absolute atomic E-state index is 0.0895. The van der Waals surface area contributed by atoms with E-state index in [0.29, 0.717) is 18.0 Å². The molecule has 1 aromatic carbocycles. The predicted molar refractivity (Wildman–Crippen MR) is 95.6 cm³/mol. The number of amides is 2. The average Bonchev–Trinajstić information content (AvgIpc) is 2.88. The van der Waals surface area contributed by atoms with Crippen LogP contribution in [0.4, 0.5) is 5.69 Å². The van der Waals surface area contributed by atoms with Crippen LogP contribution in [0.25, 0.3) is 0 Å². The maximum absolute atomic E-state index is 12.5. The van der Waals surface area contributed by atoms with Gasteiger partial charge in [0, 0.05) is 12.2 Å². The number of anilines is 1. The molecule has 1 aliphatic rings. The molecule has 0 unspecified atom stereocenters. The van der Waals surface area contributed by atoms with Gasteiger partial charge in [0.25, 0.3) is 0 Å². The van der Waals surface area contributed by atoms with Gasteiger partial charge in [0.2, 0.25) is 11.8 Å². The number of carbonyl (C=O) groups excluding carboxylic acids is 3. The van der Waals surface area contributed by atoms with Crippen LogP contribution < -0.4 is 15.4 Å². The van der Waals surface area contributed by atoms with E-state index < -0.39 is 17.3 Å². The summed E-state index contributed by atoms with van der Waals surface area (Å²) in [6.07, 6.45) is 0.0895. The Bertz CT molecular complexity index is 634. The van der Waals surface area contributed by atoms with Crippen molar-refractivity contribution < 1.29 is 23.9 Å². The monoisotopic (exact) mass is 366 g/mol. The second-order valence-electron chi connectivity index (χ2n) is 5.38. The molecule has 0 bridgehead atoms. The lowest BCUT2D eigenvalue weighted by atomic mass is 10.3. The van der Waals surface area contributed by atoms with Crippen molar-refractivity contribution in [1.29, 1.82) is 0 Å². The molecule has 1 aromatic rings. The van der Waals surface area contributed by atoms with Crippen LogP contribution in [0.3, 0.4) is 0 Å². The maximum atomic E-state index is 12.5. The molecular formula is C17H22N2O5S. The molecule has 7 nitrogen and oxygen atoms in total. The van der Waals surface area contributed by atoms with Crippen molar-refractivity contribution in [3.63, 3.8) is 0 Å². The highest BCUT2D eigenvalue weighted by Crippen LogP contribution is 2.30. The number of carbonyl (C=O) groups is 3. The van der Waals surface area contributed by atoms with Crippen LogP contribution in [0.15, 0.2) is 24.3 Å². The summed E-state index contributed by atoms with van der Waals surface area (Å²) in [5.74, 6) is -0.169. The minimum Gasteiger partial charge on any atom is -0.494 e. The van der Waals surface area contributed by atoms with Gasteiger partial charge in [0.1, 0.15) is 11.8 Å². The topological polar surface area (TPSA) is 98.9 Å². The second-order valence-corrected chi connectivity index (χ2v) is 6.61. The number of hydrogen-bond acceptors (Lipinski definition) is 7. The molecule has 2 N–H and O–H groups in total. The predicted octanol–water partition coefficient (Wildman–Crippen LogP) is 1.34. The summed E-state index contributed by atoms with van der Waals surface area (Å²) in [4.78, 5) is 37.5. The van der Waals surface area contributed by atoms with Crippen LogP contribution in [0, 0.1) is 0 Å². The van der Waals surface area contributed by atoms with Crippen molar-refractivity contribution in [1.82, 2.24) is 0 Å². The summed E-state index contributed by atoms with van der Waals surface area (Å²) in [6, 6.07) is 5.98. The number of imide groups is 1. The molecule has 0 radical (unpaired) electrons. The number of hydrogen-bond donors (Lipinski definition) is 1. The molecule has 2 atom stereocenters. The van der Waals surface area contributed by atoms with Gasteiger partial charge in [-0.25, -0.2) is 4.90 Å². The molecule has 25 heavy (non-hydrogen) atoms. The zero-order valence-electron chi connectivity index (χ0n) is 14.3. The summed E-state index contributed by atoms with van der Waals surface area (Å²) < 4.78 is 10.2. The summed E-state index contributed by atoms with van der Waals surface area (Å²) in [7, 11) is 0. The molecule has 136 valence electrons. The number of ether oxygens (including phenoxy) is 2. The van der Waals surface area contributed by atoms with Crippen LogP contribution in [-0.4, -0.2) is 48.0 Å². The second kappa shape index (κ2) is 8.87. The van der Waals surface area contributed by atoms with Gasteiger partial charge in [0.15, 0.2) is 0 Å². The molecule has 8 heteroatoms. The van der Waals surface area contributed by atoms with Gasteiger partial charge in [0.05, 0.1) is 24.2 Å². The van der Waals surface area contributed by atoms with Crippen LogP contribution >= 0.6 is 11.8 Å². The molecular weight excluding hydrogens is 344 g/mol. The van der Waals surface area contributed by atoms with Crippen LogP contribution in [0.1, 0.15) is 20.3 Å². The smallest absolute Gasteiger partial charge is 0.323 e. The van der Waals surface area contributed by atoms with Gasteiger partial charge in [-0.05, 0) is 38.1 Å². The Hall–Kier alpha value is -2.06. The average molecular weight is 366 g/mol. The first-order valence-corrected chi connectivity index (χ1v) is 9.16. The van der Waals surface area contributed by atoms with Crippen molar-refractivity contribution in [2.75, 3.05) is 23.9 Å². The van der Waals surface area contributed by atoms with E-state index >= 15 is 0 Å². The van der Waals surface area contributed by atoms with Crippen LogP contribution in [0.5, 0.6) is 5.75 Å². The highest BCUT2D eigenvalue weighted by Gasteiger charge is 2.40. The summed E-state index contributed by atoms with van der Waals surface area (Å²) in [5, 5.41) is -0.542. The Kier molecular flexibility index (Phi) is 6.83. The summed E-state index contributed by atoms with van der Waals surface area (Å²) >= 11 is 1.21. The van der Waals surface area contributed by atoms with E-state index in [1.54, 1.807) is 31.2 Å². The van der Waals surface area contributed by atoms with Gasteiger partial charge in [-0.3, -0.25) is 14.4 Å². The fourth-order valence-electron chi connectivity index (χ4n) is 2.40. The lowest BCUT2D eigenvalue weighted by Crippen LogP contribution is -2.36. The molecule has 0 spiro atoms. The number of nitrogens with two attached hydrogens (primary N) is 1. The number of benzene rings is 1. The van der Waals surface area contributed by atoms with Crippen molar-refractivity contribution in [3.8, 4) is 5.75 Å². The van der Waals surface area contributed by atoms with Crippen molar-refractivity contribution >= 4 is 35.2 Å². The van der Waals surface area contributed by atoms with Crippen molar-refractivity contribution in [2.45, 2.75) is 31.6 Å². The molecule has 0 aliphatic carbocycles. The molecule has 1 aliphatic heterocycles. The van der Waals surface area contributed by atoms with Gasteiger partial charge < -0.3 is 15.2 Å². The quantitative estimate of drug-likeness (QED) is 0.547. The Balaban J connectivity index is 1.98. The molecule has 1 heterocycles. The van der Waals surface area contributed by atoms with Crippen LogP contribution in [0.2, 0.25) is 0 Å². The number of thioether (sulfide) groups is 1. The Morgan fingerprint density at radius 1 is 1.28 bits per heavy atom. The van der Waals surface area contributed by atoms with E-state index in [2.05, 4.69) is 0 Å². The number of esters is 1. The SMILES string of the molecule is CCOC(=O)[C@H](N)CS[C@H]1CC(=O)N(c2ccc(OCC)cc2)C1=O. The minimum atomic E-state index is -0.813. The van der Waals surface area contributed by atoms with Gasteiger partial charge in [-0.2, -0.15) is 0 Å². The van der Waals surface area contributed by atoms with Gasteiger partial charge in [-0.1, -0.05) is 0 Å². The van der Waals surface area contributed by atoms with E-state index in [0.717, 1.165) is 0 Å². The van der Waals surface area contributed by atoms with E-state index in [4.69, 9.17) is 15.2 Å². The Morgan fingerprint density at radius 3 is 2.56 bits per heavy atom. The molecule has 2 rings (SSSR count). The van der Waals surface area contributed by atoms with Gasteiger partial charge in [-0.15, -0.1) is 11.8 Å². The van der Waals surface area contributed by atoms with Crippen molar-refractivity contribution in [3.05, 3.63) is 24.3 Å². The third-order valence-electron chi connectivity index (χ3n) is 3.58. The highest BCUT2D eigenvalue weighted by molar-refractivity contribution is 8.00. The lowest BCUT2D eigenvalue weighted by Gasteiger charge is -2.16. The normalized spacial score (nSPS) is 18.4. The van der Waals surface area contributed by atoms with E-state index in [1.807, 2.05) is 6.92 Å². The van der Waals surface area contributed by atoms with Gasteiger partial charge >= 0.3 is 5.97 Å². The third kappa shape index (κ3) is 4.73. The van der Waals surface area contributed by atoms with Crippen LogP contribution in [-0.2, 0) is 19.1 Å². The fraction of sp³-hybridized carbons (Fsp3) is 0.471. The van der Waals surface area contributed by atoms with E-state index in [-0.39, 0.29) is 30.6 Å². The van der Waals surface area contributed by atoms with Crippen molar-refractivity contribution in [2.24, 2.45) is 5.73 Å². The number of rotatable bonds is 8. The molecule has 1 fully saturated rings. The zero-order valence-corrected chi connectivity index (χ0v) is 15.1. The molecule has 0 aromatic heterocycles. The Morgan fingerprint density at radius 2 is 1.96 bits per heavy atom. The van der Waals surface area contributed by atoms with E-state index in [9.17, 15) is 14.4 Å². The third-order valence-corrected chi connectivity index (χ3v) is 4.90. The largest absolute Gasteiger partial charge is 0.494 e. The Labute approximate surface area is 150 Å². The lowest BCUT2D eigenvalue weighted by molar-refractivity contribution is -0.144. The highest BCUT2D eigenvalue weighted by atomic mass is 32.2. The molecule has 2 amide bonds. The zero-order chi connectivity index (χ0) is 18.4. The first-order valence-electron chi connectivity index (χ1n) is 8.11. The standard InChI is InChI=1S/C17H22N2O5S/c1-3-23-12-7-5-11(6-8-12)19-15(20)9-14(16(19)21)25-10-13(18)17(22)24-4-2/h5-8,13-14H,3-4,9-10,18H2,1-2H3/t13-,14+/m1/s1. The first-order chi connectivity index (χ1) is 12.0. The first kappa shape index (κ1) is 19.3. The number of nitrogens with zero attached hydrogens (tertiary/aromatic N) is 1.